The van der Waals surface area contributed by atoms with E-state index in [0.29, 0.717) is 52.8 Å². The van der Waals surface area contributed by atoms with Gasteiger partial charge in [0.25, 0.3) is 5.91 Å². The summed E-state index contributed by atoms with van der Waals surface area (Å²) in [5.74, 6) is 0.00782. The number of carbonyl (C=O) groups excluding carboxylic acids is 2. The topological polar surface area (TPSA) is 146 Å². The molecule has 0 unspecified atom stereocenters. The molecule has 5 rings (SSSR count). The number of likely N-dealkylation sites (tertiary alicyclic amines) is 1. The van der Waals surface area contributed by atoms with Gasteiger partial charge in [0.15, 0.2) is 0 Å². The Morgan fingerprint density at radius 1 is 1.19 bits per heavy atom. The Bertz CT molecular complexity index is 1350. The van der Waals surface area contributed by atoms with Crippen LogP contribution in [0.1, 0.15) is 39.2 Å². The molecular weight excluding hydrogens is 478 g/mol. The van der Waals surface area contributed by atoms with Gasteiger partial charge in [-0.3, -0.25) is 14.3 Å². The molecule has 11 nitrogen and oxygen atoms in total. The third-order valence-corrected chi connectivity index (χ3v) is 7.98. The molecule has 12 heteroatoms. The molecule has 0 spiro atoms. The van der Waals surface area contributed by atoms with Crippen LogP contribution in [0.3, 0.4) is 0 Å². The molecule has 0 aliphatic carbocycles. The minimum absolute atomic E-state index is 0.0120. The van der Waals surface area contributed by atoms with Crippen LogP contribution in [0.4, 0.5) is 11.6 Å². The van der Waals surface area contributed by atoms with Gasteiger partial charge in [-0.05, 0) is 45.0 Å². The second-order valence-electron chi connectivity index (χ2n) is 9.26. The first-order chi connectivity index (χ1) is 17.3. The first kappa shape index (κ1) is 23.9. The highest BCUT2D eigenvalue weighted by Gasteiger charge is 2.29. The number of rotatable bonds is 5. The average Bonchev–Trinajstić information content (AvgIpc) is 3.44. The number of fused-ring (bicyclic) bond motifs is 1. The number of thiophene rings is 1. The van der Waals surface area contributed by atoms with Crippen LogP contribution >= 0.6 is 11.3 Å². The van der Waals surface area contributed by atoms with E-state index in [2.05, 4.69) is 38.4 Å². The summed E-state index contributed by atoms with van der Waals surface area (Å²) in [5, 5.41) is 17.2. The Morgan fingerprint density at radius 2 is 1.92 bits per heavy atom. The highest BCUT2D eigenvalue weighted by Crippen LogP contribution is 2.40. The molecule has 2 amide bonds. The van der Waals surface area contributed by atoms with E-state index >= 15 is 0 Å². The normalized spacial score (nSPS) is 16.4. The van der Waals surface area contributed by atoms with Gasteiger partial charge >= 0.3 is 0 Å². The summed E-state index contributed by atoms with van der Waals surface area (Å²) in [6.07, 6.45) is 7.20. The molecular formula is C24H27N9O2S. The first-order valence-electron chi connectivity index (χ1n) is 11.8. The zero-order valence-corrected chi connectivity index (χ0v) is 21.0. The van der Waals surface area contributed by atoms with Crippen LogP contribution in [0.15, 0.2) is 18.6 Å². The largest absolute Gasteiger partial charge is 0.365 e. The second kappa shape index (κ2) is 9.67. The minimum Gasteiger partial charge on any atom is -0.365 e. The quantitative estimate of drug-likeness (QED) is 0.533. The second-order valence-corrected chi connectivity index (χ2v) is 10.4. The van der Waals surface area contributed by atoms with E-state index in [1.807, 2.05) is 4.90 Å². The fraction of sp³-hybridized carbons (Fsp3) is 0.417. The Hall–Kier alpha value is -3.82. The fourth-order valence-electron chi connectivity index (χ4n) is 4.76. The van der Waals surface area contributed by atoms with E-state index < -0.39 is 5.91 Å². The number of nitriles is 1. The number of aromatic nitrogens is 4. The number of hydrogen-bond donors (Lipinski definition) is 2. The van der Waals surface area contributed by atoms with Gasteiger partial charge in [0.2, 0.25) is 11.9 Å². The Morgan fingerprint density at radius 3 is 2.58 bits per heavy atom. The SMILES string of the molecule is CN1CCC(C(=O)Nc2cnc(N3CCc4c(sc(-c5nn(C)cc5C(N)=O)c4C#N)C3)nc2)CC1. The molecule has 0 saturated carbocycles. The molecule has 2 aliphatic heterocycles. The third kappa shape index (κ3) is 4.55. The minimum atomic E-state index is -0.577. The summed E-state index contributed by atoms with van der Waals surface area (Å²) in [4.78, 5) is 39.4. The number of hydrogen-bond acceptors (Lipinski definition) is 9. The predicted molar refractivity (Wildman–Crippen MR) is 135 cm³/mol. The van der Waals surface area contributed by atoms with Crippen LogP contribution in [-0.2, 0) is 24.8 Å². The summed E-state index contributed by atoms with van der Waals surface area (Å²) < 4.78 is 1.53. The molecule has 186 valence electrons. The molecule has 0 atom stereocenters. The number of piperidine rings is 1. The molecule has 3 aromatic heterocycles. The maximum atomic E-state index is 12.6. The molecule has 0 aromatic carbocycles. The van der Waals surface area contributed by atoms with Gasteiger partial charge in [-0.15, -0.1) is 11.3 Å². The average molecular weight is 506 g/mol. The maximum Gasteiger partial charge on any atom is 0.252 e. The summed E-state index contributed by atoms with van der Waals surface area (Å²) in [6.45, 7) is 3.03. The molecule has 2 aliphatic rings. The van der Waals surface area contributed by atoms with Crippen molar-refractivity contribution in [3.63, 3.8) is 0 Å². The van der Waals surface area contributed by atoms with Crippen molar-refractivity contribution in [2.24, 2.45) is 18.7 Å². The highest BCUT2D eigenvalue weighted by atomic mass is 32.1. The molecule has 36 heavy (non-hydrogen) atoms. The van der Waals surface area contributed by atoms with Gasteiger partial charge in [0.1, 0.15) is 11.8 Å². The van der Waals surface area contributed by atoms with E-state index in [1.54, 1.807) is 25.6 Å². The number of nitrogens with zero attached hydrogens (tertiary/aromatic N) is 7. The number of primary amides is 1. The smallest absolute Gasteiger partial charge is 0.252 e. The molecule has 0 bridgehead atoms. The number of nitrogens with two attached hydrogens (primary N) is 1. The van der Waals surface area contributed by atoms with Crippen molar-refractivity contribution in [3.05, 3.63) is 40.2 Å². The van der Waals surface area contributed by atoms with Crippen molar-refractivity contribution < 1.29 is 9.59 Å². The van der Waals surface area contributed by atoms with Crippen molar-refractivity contribution in [3.8, 4) is 16.6 Å². The van der Waals surface area contributed by atoms with Crippen LogP contribution in [0, 0.1) is 17.2 Å². The molecule has 1 saturated heterocycles. The lowest BCUT2D eigenvalue weighted by molar-refractivity contribution is -0.121. The summed E-state index contributed by atoms with van der Waals surface area (Å²) in [5.41, 5.74) is 8.38. The maximum absolute atomic E-state index is 12.6. The Labute approximate surface area is 212 Å². The zero-order valence-electron chi connectivity index (χ0n) is 20.2. The van der Waals surface area contributed by atoms with E-state index in [1.165, 1.54) is 16.0 Å². The fourth-order valence-corrected chi connectivity index (χ4v) is 6.07. The van der Waals surface area contributed by atoms with Crippen molar-refractivity contribution in [2.75, 3.05) is 36.9 Å². The van der Waals surface area contributed by atoms with E-state index in [4.69, 9.17) is 5.73 Å². The summed E-state index contributed by atoms with van der Waals surface area (Å²) in [6, 6.07) is 2.30. The van der Waals surface area contributed by atoms with Gasteiger partial charge < -0.3 is 20.9 Å². The molecule has 1 fully saturated rings. The van der Waals surface area contributed by atoms with E-state index in [0.717, 1.165) is 36.4 Å². The standard InChI is InChI=1S/C24H27N9O2S/c1-31-6-3-14(4-7-31)23(35)29-15-10-27-24(28-11-15)33-8-5-16-17(9-25)21(36-19(16)13-33)20-18(22(26)34)12-32(2)30-20/h10-12,14H,3-8,13H2,1-2H3,(H2,26,34)(H,29,35). The monoisotopic (exact) mass is 505 g/mol. The van der Waals surface area contributed by atoms with Crippen LogP contribution in [0.5, 0.6) is 0 Å². The summed E-state index contributed by atoms with van der Waals surface area (Å²) >= 11 is 1.45. The van der Waals surface area contributed by atoms with Gasteiger partial charge in [0, 0.05) is 30.6 Å². The van der Waals surface area contributed by atoms with Gasteiger partial charge in [-0.25, -0.2) is 9.97 Å². The lowest BCUT2D eigenvalue weighted by Crippen LogP contribution is -2.36. The molecule has 3 aromatic rings. The zero-order chi connectivity index (χ0) is 25.4. The Balaban J connectivity index is 1.32. The number of carbonyl (C=O) groups is 2. The van der Waals surface area contributed by atoms with Crippen LogP contribution < -0.4 is 16.0 Å². The van der Waals surface area contributed by atoms with Gasteiger partial charge in [0.05, 0.1) is 40.6 Å². The number of nitrogens with one attached hydrogen (secondary N) is 1. The lowest BCUT2D eigenvalue weighted by atomic mass is 9.96. The number of amides is 2. The van der Waals surface area contributed by atoms with E-state index in [9.17, 15) is 14.9 Å². The molecule has 5 heterocycles. The Kier molecular flexibility index (Phi) is 6.42. The van der Waals surface area contributed by atoms with Crippen LogP contribution in [0.2, 0.25) is 0 Å². The van der Waals surface area contributed by atoms with Gasteiger partial charge in [-0.2, -0.15) is 10.4 Å². The first-order valence-corrected chi connectivity index (χ1v) is 12.6. The van der Waals surface area contributed by atoms with Crippen molar-refractivity contribution in [1.29, 1.82) is 5.26 Å². The number of anilines is 2. The van der Waals surface area contributed by atoms with E-state index in [-0.39, 0.29) is 11.8 Å². The highest BCUT2D eigenvalue weighted by molar-refractivity contribution is 7.16. The van der Waals surface area contributed by atoms with Crippen molar-refractivity contribution in [1.82, 2.24) is 24.6 Å². The lowest BCUT2D eigenvalue weighted by Gasteiger charge is -2.28. The van der Waals surface area contributed by atoms with Crippen LogP contribution in [-0.4, -0.2) is 63.1 Å². The predicted octanol–water partition coefficient (Wildman–Crippen LogP) is 1.75. The molecule has 3 N–H and O–H groups in total. The van der Waals surface area contributed by atoms with Crippen molar-refractivity contribution >= 4 is 34.8 Å². The molecule has 0 radical (unpaired) electrons. The number of aryl methyl sites for hydroxylation is 1. The third-order valence-electron chi connectivity index (χ3n) is 6.76. The van der Waals surface area contributed by atoms with Gasteiger partial charge in [-0.1, -0.05) is 0 Å². The van der Waals surface area contributed by atoms with Crippen molar-refractivity contribution in [2.45, 2.75) is 25.8 Å². The van der Waals surface area contributed by atoms with Crippen LogP contribution in [0.25, 0.3) is 10.6 Å². The summed E-state index contributed by atoms with van der Waals surface area (Å²) in [7, 11) is 3.79.